The van der Waals surface area contributed by atoms with E-state index in [1.54, 1.807) is 0 Å². The van der Waals surface area contributed by atoms with Crippen molar-refractivity contribution < 1.29 is 4.74 Å². The van der Waals surface area contributed by atoms with Gasteiger partial charge < -0.3 is 4.74 Å². The van der Waals surface area contributed by atoms with Crippen LogP contribution in [0, 0.1) is 5.41 Å². The van der Waals surface area contributed by atoms with Crippen LogP contribution in [0.3, 0.4) is 0 Å². The molecule has 0 atom stereocenters. The number of benzene rings is 1. The van der Waals surface area contributed by atoms with Gasteiger partial charge in [0.1, 0.15) is 5.75 Å². The molecule has 0 bridgehead atoms. The van der Waals surface area contributed by atoms with Crippen LogP contribution in [-0.2, 0) is 6.42 Å². The molecule has 1 aromatic rings. The lowest BCUT2D eigenvalue weighted by Crippen LogP contribution is -2.16. The maximum Gasteiger partial charge on any atom is 0.119 e. The first-order chi connectivity index (χ1) is 7.01. The van der Waals surface area contributed by atoms with Crippen molar-refractivity contribution in [3.05, 3.63) is 29.8 Å². The van der Waals surface area contributed by atoms with E-state index in [0.717, 1.165) is 18.8 Å². The summed E-state index contributed by atoms with van der Waals surface area (Å²) >= 11 is 0. The summed E-state index contributed by atoms with van der Waals surface area (Å²) in [6.07, 6.45) is 2.35. The van der Waals surface area contributed by atoms with Gasteiger partial charge in [0.25, 0.3) is 0 Å². The lowest BCUT2D eigenvalue weighted by Gasteiger charge is -2.18. The molecule has 1 nitrogen and oxygen atoms in total. The van der Waals surface area contributed by atoms with E-state index in [1.807, 2.05) is 0 Å². The van der Waals surface area contributed by atoms with Crippen LogP contribution in [0.5, 0.6) is 5.75 Å². The van der Waals surface area contributed by atoms with E-state index < -0.39 is 0 Å². The first-order valence-corrected chi connectivity index (χ1v) is 5.73. The summed E-state index contributed by atoms with van der Waals surface area (Å²) in [4.78, 5) is 0. The molecular formula is C14H22O. The third kappa shape index (κ3) is 4.87. The Bertz CT molecular complexity index is 279. The molecule has 0 unspecified atom stereocenters. The molecule has 0 heterocycles. The third-order valence-corrected chi connectivity index (χ3v) is 2.13. The van der Waals surface area contributed by atoms with Crippen LogP contribution in [-0.4, -0.2) is 6.61 Å². The van der Waals surface area contributed by atoms with Crippen LogP contribution in [0.4, 0.5) is 0 Å². The summed E-state index contributed by atoms with van der Waals surface area (Å²) < 4.78 is 5.70. The summed E-state index contributed by atoms with van der Waals surface area (Å²) in [7, 11) is 0. The van der Waals surface area contributed by atoms with Gasteiger partial charge in [0, 0.05) is 0 Å². The molecule has 84 valence electrons. The van der Waals surface area contributed by atoms with Gasteiger partial charge in [-0.3, -0.25) is 0 Å². The molecule has 0 aliphatic carbocycles. The molecule has 0 amide bonds. The van der Waals surface area contributed by atoms with Crippen molar-refractivity contribution in [2.75, 3.05) is 6.61 Å². The highest BCUT2D eigenvalue weighted by Crippen LogP contribution is 2.18. The topological polar surface area (TPSA) is 9.23 Å². The van der Waals surface area contributed by atoms with Crippen molar-refractivity contribution in [2.45, 2.75) is 40.5 Å². The van der Waals surface area contributed by atoms with Crippen molar-refractivity contribution in [2.24, 2.45) is 5.41 Å². The van der Waals surface area contributed by atoms with Gasteiger partial charge >= 0.3 is 0 Å². The number of rotatable bonds is 4. The van der Waals surface area contributed by atoms with Gasteiger partial charge in [0.05, 0.1) is 6.61 Å². The van der Waals surface area contributed by atoms with Crippen LogP contribution in [0.2, 0.25) is 0 Å². The smallest absolute Gasteiger partial charge is 0.119 e. The molecule has 0 N–H and O–H groups in total. The lowest BCUT2D eigenvalue weighted by atomic mass is 9.99. The van der Waals surface area contributed by atoms with Crippen molar-refractivity contribution >= 4 is 0 Å². The Morgan fingerprint density at radius 1 is 1.07 bits per heavy atom. The summed E-state index contributed by atoms with van der Waals surface area (Å²) in [5, 5.41) is 0. The number of hydrogen-bond acceptors (Lipinski definition) is 1. The molecule has 0 aliphatic heterocycles. The van der Waals surface area contributed by atoms with Gasteiger partial charge in [-0.1, -0.05) is 46.2 Å². The summed E-state index contributed by atoms with van der Waals surface area (Å²) in [5.74, 6) is 0.977. The maximum atomic E-state index is 5.70. The van der Waals surface area contributed by atoms with Gasteiger partial charge in [-0.15, -0.1) is 0 Å². The molecule has 1 rings (SSSR count). The van der Waals surface area contributed by atoms with Crippen LogP contribution in [0.1, 0.15) is 39.7 Å². The molecule has 0 aromatic heterocycles. The van der Waals surface area contributed by atoms with E-state index in [2.05, 4.69) is 52.0 Å². The Morgan fingerprint density at radius 2 is 1.67 bits per heavy atom. The fraction of sp³-hybridized carbons (Fsp3) is 0.571. The van der Waals surface area contributed by atoms with Gasteiger partial charge in [0.15, 0.2) is 0 Å². The highest BCUT2D eigenvalue weighted by Gasteiger charge is 2.10. The molecule has 1 heteroatoms. The van der Waals surface area contributed by atoms with E-state index in [4.69, 9.17) is 4.74 Å². The van der Waals surface area contributed by atoms with Gasteiger partial charge in [0.2, 0.25) is 0 Å². The van der Waals surface area contributed by atoms with Crippen molar-refractivity contribution in [3.63, 3.8) is 0 Å². The van der Waals surface area contributed by atoms with E-state index in [9.17, 15) is 0 Å². The largest absolute Gasteiger partial charge is 0.493 e. The molecule has 0 radical (unpaired) electrons. The molecule has 0 aliphatic rings. The van der Waals surface area contributed by atoms with Gasteiger partial charge in [-0.2, -0.15) is 0 Å². The third-order valence-electron chi connectivity index (χ3n) is 2.13. The van der Waals surface area contributed by atoms with Crippen molar-refractivity contribution in [3.8, 4) is 5.75 Å². The minimum atomic E-state index is 0.224. The fourth-order valence-corrected chi connectivity index (χ4v) is 1.34. The second-order valence-electron chi connectivity index (χ2n) is 5.24. The molecule has 0 fully saturated rings. The van der Waals surface area contributed by atoms with E-state index in [-0.39, 0.29) is 5.41 Å². The molecular weight excluding hydrogens is 184 g/mol. The molecule has 0 saturated heterocycles. The first-order valence-electron chi connectivity index (χ1n) is 5.73. The average Bonchev–Trinajstić information content (AvgIpc) is 2.16. The van der Waals surface area contributed by atoms with Crippen LogP contribution >= 0.6 is 0 Å². The van der Waals surface area contributed by atoms with E-state index in [0.29, 0.717) is 0 Å². The fourth-order valence-electron chi connectivity index (χ4n) is 1.34. The van der Waals surface area contributed by atoms with Gasteiger partial charge in [-0.05, 0) is 29.5 Å². The highest BCUT2D eigenvalue weighted by molar-refractivity contribution is 5.27. The quantitative estimate of drug-likeness (QED) is 0.721. The monoisotopic (exact) mass is 206 g/mol. The summed E-state index contributed by atoms with van der Waals surface area (Å²) in [6, 6.07) is 8.44. The van der Waals surface area contributed by atoms with Crippen LogP contribution < -0.4 is 4.74 Å². The average molecular weight is 206 g/mol. The Labute approximate surface area is 93.5 Å². The SMILES string of the molecule is CCCc1ccc(OCC(C)(C)C)cc1. The van der Waals surface area contributed by atoms with E-state index >= 15 is 0 Å². The Kier molecular flexibility index (Phi) is 4.19. The van der Waals surface area contributed by atoms with Crippen molar-refractivity contribution in [1.82, 2.24) is 0 Å². The minimum absolute atomic E-state index is 0.224. The number of ether oxygens (including phenoxy) is 1. The second-order valence-corrected chi connectivity index (χ2v) is 5.24. The molecule has 1 aromatic carbocycles. The number of aryl methyl sites for hydroxylation is 1. The zero-order valence-electron chi connectivity index (χ0n) is 10.3. The minimum Gasteiger partial charge on any atom is -0.493 e. The van der Waals surface area contributed by atoms with Crippen LogP contribution in [0.25, 0.3) is 0 Å². The second kappa shape index (κ2) is 5.20. The zero-order chi connectivity index (χ0) is 11.3. The van der Waals surface area contributed by atoms with Crippen molar-refractivity contribution in [1.29, 1.82) is 0 Å². The maximum absolute atomic E-state index is 5.70. The predicted octanol–water partition coefficient (Wildman–Crippen LogP) is 4.06. The highest BCUT2D eigenvalue weighted by atomic mass is 16.5. The normalized spacial score (nSPS) is 11.5. The molecule has 0 saturated carbocycles. The standard InChI is InChI=1S/C14H22O/c1-5-6-12-7-9-13(10-8-12)15-11-14(2,3)4/h7-10H,5-6,11H2,1-4H3. The first kappa shape index (κ1) is 12.1. The van der Waals surface area contributed by atoms with Gasteiger partial charge in [-0.25, -0.2) is 0 Å². The zero-order valence-corrected chi connectivity index (χ0v) is 10.3. The summed E-state index contributed by atoms with van der Waals surface area (Å²) in [6.45, 7) is 9.50. The Hall–Kier alpha value is -0.980. The summed E-state index contributed by atoms with van der Waals surface area (Å²) in [5.41, 5.74) is 1.61. The lowest BCUT2D eigenvalue weighted by molar-refractivity contribution is 0.198. The molecule has 0 spiro atoms. The number of hydrogen-bond donors (Lipinski definition) is 0. The predicted molar refractivity (Wildman–Crippen MR) is 65.4 cm³/mol. The van der Waals surface area contributed by atoms with Crippen LogP contribution in [0.15, 0.2) is 24.3 Å². The van der Waals surface area contributed by atoms with E-state index in [1.165, 1.54) is 12.0 Å². The Balaban J connectivity index is 2.50. The molecule has 15 heavy (non-hydrogen) atoms. The Morgan fingerprint density at radius 3 is 2.13 bits per heavy atom.